The van der Waals surface area contributed by atoms with Gasteiger partial charge in [-0.15, -0.1) is 0 Å². The molecule has 0 amide bonds. The zero-order chi connectivity index (χ0) is 18.5. The molecule has 1 heterocycles. The van der Waals surface area contributed by atoms with Gasteiger partial charge in [-0.2, -0.15) is 5.26 Å². The van der Waals surface area contributed by atoms with Gasteiger partial charge < -0.3 is 9.47 Å². The van der Waals surface area contributed by atoms with Crippen molar-refractivity contribution < 1.29 is 14.3 Å². The summed E-state index contributed by atoms with van der Waals surface area (Å²) in [7, 11) is 0. The van der Waals surface area contributed by atoms with Crippen LogP contribution in [0.2, 0.25) is 0 Å². The molecule has 4 nitrogen and oxygen atoms in total. The molecule has 25 heavy (non-hydrogen) atoms. The van der Waals surface area contributed by atoms with E-state index in [1.54, 1.807) is 0 Å². The molecule has 0 radical (unpaired) electrons. The van der Waals surface area contributed by atoms with E-state index in [-0.39, 0.29) is 5.78 Å². The first-order valence-corrected chi connectivity index (χ1v) is 10.3. The summed E-state index contributed by atoms with van der Waals surface area (Å²) in [6.45, 7) is 7.50. The van der Waals surface area contributed by atoms with Gasteiger partial charge in [0, 0.05) is 5.92 Å². The first-order valence-electron chi connectivity index (χ1n) is 10.3. The van der Waals surface area contributed by atoms with Gasteiger partial charge >= 0.3 is 0 Å². The number of rotatable bonds is 13. The molecule has 0 aromatic heterocycles. The monoisotopic (exact) mass is 351 g/mol. The van der Waals surface area contributed by atoms with Crippen LogP contribution in [-0.4, -0.2) is 25.3 Å². The number of carbonyl (C=O) groups is 1. The van der Waals surface area contributed by atoms with Crippen molar-refractivity contribution in [3.05, 3.63) is 0 Å². The molecule has 0 saturated carbocycles. The zero-order valence-corrected chi connectivity index (χ0v) is 16.5. The summed E-state index contributed by atoms with van der Waals surface area (Å²) in [5.41, 5.74) is -0.943. The highest BCUT2D eigenvalue weighted by molar-refractivity contribution is 5.90. The van der Waals surface area contributed by atoms with Gasteiger partial charge in [0.1, 0.15) is 5.41 Å². The minimum atomic E-state index is -0.943. The smallest absolute Gasteiger partial charge is 0.219 e. The molecule has 1 fully saturated rings. The van der Waals surface area contributed by atoms with E-state index >= 15 is 0 Å². The zero-order valence-electron chi connectivity index (χ0n) is 16.5. The van der Waals surface area contributed by atoms with E-state index in [9.17, 15) is 10.1 Å². The van der Waals surface area contributed by atoms with Crippen LogP contribution in [0.15, 0.2) is 0 Å². The van der Waals surface area contributed by atoms with Crippen molar-refractivity contribution in [3.8, 4) is 6.07 Å². The summed E-state index contributed by atoms with van der Waals surface area (Å²) in [6.07, 6.45) is 10.3. The van der Waals surface area contributed by atoms with E-state index in [4.69, 9.17) is 9.47 Å². The predicted octanol–water partition coefficient (Wildman–Crippen LogP) is 5.41. The van der Waals surface area contributed by atoms with Crippen LogP contribution >= 0.6 is 0 Å². The van der Waals surface area contributed by atoms with Gasteiger partial charge in [0.25, 0.3) is 0 Å². The largest absolute Gasteiger partial charge is 0.346 e. The highest BCUT2D eigenvalue weighted by atomic mass is 16.7. The number of Topliss-reactive ketones (excluding diaryl/α,β-unsaturated/α-hetero) is 1. The minimum Gasteiger partial charge on any atom is -0.346 e. The Labute approximate surface area is 154 Å². The van der Waals surface area contributed by atoms with Crippen LogP contribution in [-0.2, 0) is 14.3 Å². The lowest BCUT2D eigenvalue weighted by Crippen LogP contribution is -2.45. The Morgan fingerprint density at radius 1 is 0.960 bits per heavy atom. The van der Waals surface area contributed by atoms with Gasteiger partial charge in [-0.05, 0) is 19.3 Å². The molecule has 144 valence electrons. The SMILES string of the molecule is CCCCCCCCC(C#N)(CCC)C(=O)C1OCC(CCC)CO1. The summed E-state index contributed by atoms with van der Waals surface area (Å²) in [5.74, 6) is 0.218. The van der Waals surface area contributed by atoms with Crippen molar-refractivity contribution in [1.29, 1.82) is 5.26 Å². The fourth-order valence-corrected chi connectivity index (χ4v) is 3.67. The van der Waals surface area contributed by atoms with Crippen molar-refractivity contribution in [1.82, 2.24) is 0 Å². The van der Waals surface area contributed by atoms with Crippen molar-refractivity contribution in [2.75, 3.05) is 13.2 Å². The average Bonchev–Trinajstić information content (AvgIpc) is 2.64. The Morgan fingerprint density at radius 3 is 2.16 bits per heavy atom. The number of ether oxygens (including phenoxy) is 2. The number of carbonyl (C=O) groups excluding carboxylic acids is 1. The maximum atomic E-state index is 13.0. The van der Waals surface area contributed by atoms with Crippen LogP contribution in [0.25, 0.3) is 0 Å². The fourth-order valence-electron chi connectivity index (χ4n) is 3.67. The molecule has 0 aromatic rings. The van der Waals surface area contributed by atoms with Crippen LogP contribution in [0.5, 0.6) is 0 Å². The standard InChI is InChI=1S/C21H37NO3/c1-4-7-8-9-10-11-14-21(17-22,13-6-3)19(23)20-24-15-18(12-5-2)16-25-20/h18,20H,4-16H2,1-3H3. The number of hydrogen-bond donors (Lipinski definition) is 0. The molecule has 0 N–H and O–H groups in total. The molecule has 1 saturated heterocycles. The lowest BCUT2D eigenvalue weighted by atomic mass is 9.75. The van der Waals surface area contributed by atoms with Crippen LogP contribution < -0.4 is 0 Å². The lowest BCUT2D eigenvalue weighted by Gasteiger charge is -2.33. The molecule has 1 aliphatic heterocycles. The molecule has 1 rings (SSSR count). The van der Waals surface area contributed by atoms with E-state index < -0.39 is 11.7 Å². The highest BCUT2D eigenvalue weighted by Crippen LogP contribution is 2.34. The molecule has 0 bridgehead atoms. The second-order valence-corrected chi connectivity index (χ2v) is 7.48. The van der Waals surface area contributed by atoms with Crippen molar-refractivity contribution >= 4 is 5.78 Å². The normalized spacial score (nSPS) is 23.0. The van der Waals surface area contributed by atoms with Crippen LogP contribution in [0.4, 0.5) is 0 Å². The number of hydrogen-bond acceptors (Lipinski definition) is 4. The Kier molecular flexibility index (Phi) is 11.0. The summed E-state index contributed by atoms with van der Waals surface area (Å²) in [4.78, 5) is 13.0. The van der Waals surface area contributed by atoms with Crippen LogP contribution in [0.3, 0.4) is 0 Å². The minimum absolute atomic E-state index is 0.152. The molecule has 4 heteroatoms. The first-order chi connectivity index (χ1) is 12.1. The third-order valence-electron chi connectivity index (χ3n) is 5.20. The molecule has 1 unspecified atom stereocenters. The summed E-state index contributed by atoms with van der Waals surface area (Å²) in [6, 6.07) is 2.34. The number of ketones is 1. The van der Waals surface area contributed by atoms with Crippen LogP contribution in [0.1, 0.15) is 91.4 Å². The second-order valence-electron chi connectivity index (χ2n) is 7.48. The maximum Gasteiger partial charge on any atom is 0.219 e. The molecule has 0 aliphatic carbocycles. The first kappa shape index (κ1) is 22.1. The Balaban J connectivity index is 2.58. The number of unbranched alkanes of at least 4 members (excludes halogenated alkanes) is 5. The van der Waals surface area contributed by atoms with E-state index in [1.165, 1.54) is 25.7 Å². The summed E-state index contributed by atoms with van der Waals surface area (Å²) >= 11 is 0. The quantitative estimate of drug-likeness (QED) is 0.417. The number of nitriles is 1. The second kappa shape index (κ2) is 12.4. The molecule has 0 spiro atoms. The van der Waals surface area contributed by atoms with Crippen molar-refractivity contribution in [3.63, 3.8) is 0 Å². The third-order valence-corrected chi connectivity index (χ3v) is 5.20. The molecular weight excluding hydrogens is 314 g/mol. The van der Waals surface area contributed by atoms with Gasteiger partial charge in [-0.3, -0.25) is 4.79 Å². The van der Waals surface area contributed by atoms with Crippen molar-refractivity contribution in [2.45, 2.75) is 97.7 Å². The average molecular weight is 352 g/mol. The summed E-state index contributed by atoms with van der Waals surface area (Å²) < 4.78 is 11.4. The molecule has 1 atom stereocenters. The highest BCUT2D eigenvalue weighted by Gasteiger charge is 2.43. The van der Waals surface area contributed by atoms with Gasteiger partial charge in [0.05, 0.1) is 19.3 Å². The lowest BCUT2D eigenvalue weighted by molar-refractivity contribution is -0.208. The molecule has 0 aromatic carbocycles. The van der Waals surface area contributed by atoms with Gasteiger partial charge in [0.15, 0.2) is 0 Å². The Hall–Kier alpha value is -0.920. The van der Waals surface area contributed by atoms with Gasteiger partial charge in [-0.25, -0.2) is 0 Å². The predicted molar refractivity (Wildman–Crippen MR) is 100 cm³/mol. The van der Waals surface area contributed by atoms with E-state index in [1.807, 2.05) is 6.92 Å². The van der Waals surface area contributed by atoms with E-state index in [0.29, 0.717) is 32.0 Å². The van der Waals surface area contributed by atoms with Crippen LogP contribution in [0, 0.1) is 22.7 Å². The fraction of sp³-hybridized carbons (Fsp3) is 0.905. The van der Waals surface area contributed by atoms with E-state index in [2.05, 4.69) is 19.9 Å². The van der Waals surface area contributed by atoms with E-state index in [0.717, 1.165) is 32.1 Å². The Morgan fingerprint density at radius 2 is 1.60 bits per heavy atom. The third kappa shape index (κ3) is 7.07. The van der Waals surface area contributed by atoms with Gasteiger partial charge in [0.2, 0.25) is 12.1 Å². The maximum absolute atomic E-state index is 13.0. The Bertz CT molecular complexity index is 410. The van der Waals surface area contributed by atoms with Gasteiger partial charge in [-0.1, -0.05) is 72.1 Å². The van der Waals surface area contributed by atoms with Crippen molar-refractivity contribution in [2.24, 2.45) is 11.3 Å². The topological polar surface area (TPSA) is 59.3 Å². The number of nitrogens with zero attached hydrogens (tertiary/aromatic N) is 1. The summed E-state index contributed by atoms with van der Waals surface area (Å²) in [5, 5.41) is 9.80. The molecular formula is C21H37NO3. The molecule has 1 aliphatic rings.